The zero-order chi connectivity index (χ0) is 48.6. The highest BCUT2D eigenvalue weighted by atomic mass is 16.6. The molecule has 0 N–H and O–H groups in total. The van der Waals surface area contributed by atoms with E-state index >= 15 is 0 Å². The lowest BCUT2D eigenvalue weighted by Gasteiger charge is -2.18. The molecule has 0 unspecified atom stereocenters. The largest absolute Gasteiger partial charge is 0.462 e. The Morgan fingerprint density at radius 1 is 0.299 bits per heavy atom. The van der Waals surface area contributed by atoms with Crippen LogP contribution in [-0.2, 0) is 28.6 Å². The molecule has 0 aromatic rings. The number of rotatable bonds is 50. The van der Waals surface area contributed by atoms with Crippen LogP contribution in [-0.4, -0.2) is 37.2 Å². The van der Waals surface area contributed by atoms with Crippen molar-refractivity contribution in [2.75, 3.05) is 13.2 Å². The van der Waals surface area contributed by atoms with Crippen molar-refractivity contribution in [2.24, 2.45) is 0 Å². The maximum atomic E-state index is 12.8. The van der Waals surface area contributed by atoms with Gasteiger partial charge in [-0.3, -0.25) is 14.4 Å². The smallest absolute Gasteiger partial charge is 0.306 e. The highest BCUT2D eigenvalue weighted by Gasteiger charge is 2.19. The van der Waals surface area contributed by atoms with Crippen LogP contribution in [0.25, 0.3) is 0 Å². The summed E-state index contributed by atoms with van der Waals surface area (Å²) >= 11 is 0. The lowest BCUT2D eigenvalue weighted by Crippen LogP contribution is -2.30. The molecule has 0 saturated heterocycles. The van der Waals surface area contributed by atoms with E-state index in [0.29, 0.717) is 19.3 Å². The summed E-state index contributed by atoms with van der Waals surface area (Å²) in [7, 11) is 0. The Bertz CT molecular complexity index is 1300. The van der Waals surface area contributed by atoms with Crippen LogP contribution in [0.3, 0.4) is 0 Å². The molecule has 1 atom stereocenters. The third-order valence-electron chi connectivity index (χ3n) is 11.8. The van der Waals surface area contributed by atoms with Gasteiger partial charge in [-0.1, -0.05) is 215 Å². The Labute approximate surface area is 414 Å². The predicted molar refractivity (Wildman–Crippen MR) is 288 cm³/mol. The predicted octanol–water partition coefficient (Wildman–Crippen LogP) is 18.8. The van der Waals surface area contributed by atoms with Crippen molar-refractivity contribution < 1.29 is 28.6 Å². The van der Waals surface area contributed by atoms with Gasteiger partial charge in [0.25, 0.3) is 0 Å². The van der Waals surface area contributed by atoms with E-state index in [1.807, 2.05) is 0 Å². The number of carbonyl (C=O) groups is 3. The molecular formula is C61H104O6. The van der Waals surface area contributed by atoms with Crippen molar-refractivity contribution >= 4 is 17.9 Å². The first-order valence-electron chi connectivity index (χ1n) is 28.1. The second-order valence-corrected chi connectivity index (χ2v) is 18.5. The van der Waals surface area contributed by atoms with Gasteiger partial charge < -0.3 is 14.2 Å². The van der Waals surface area contributed by atoms with Crippen molar-refractivity contribution in [3.8, 4) is 0 Å². The van der Waals surface area contributed by atoms with Crippen LogP contribution < -0.4 is 0 Å². The van der Waals surface area contributed by atoms with Gasteiger partial charge in [-0.05, 0) is 116 Å². The van der Waals surface area contributed by atoms with Crippen LogP contribution in [0, 0.1) is 0 Å². The first kappa shape index (κ1) is 63.6. The number of unbranched alkanes of at least 4 members (excludes halogenated alkanes) is 25. The van der Waals surface area contributed by atoms with Crippen LogP contribution in [0.4, 0.5) is 0 Å². The highest BCUT2D eigenvalue weighted by Crippen LogP contribution is 2.14. The molecule has 0 amide bonds. The molecule has 0 spiro atoms. The molecule has 0 aromatic heterocycles. The molecule has 0 saturated carbocycles. The first-order valence-corrected chi connectivity index (χ1v) is 28.1. The summed E-state index contributed by atoms with van der Waals surface area (Å²) in [5.41, 5.74) is 0. The number of esters is 3. The molecule has 0 aliphatic heterocycles. The van der Waals surface area contributed by atoms with Crippen LogP contribution in [0.1, 0.15) is 265 Å². The molecule has 0 aliphatic rings. The van der Waals surface area contributed by atoms with Crippen molar-refractivity contribution in [3.05, 3.63) is 85.1 Å². The van der Waals surface area contributed by atoms with Gasteiger partial charge in [0, 0.05) is 19.3 Å². The van der Waals surface area contributed by atoms with Crippen LogP contribution >= 0.6 is 0 Å². The first-order chi connectivity index (χ1) is 33.0. The average molecular weight is 933 g/mol. The van der Waals surface area contributed by atoms with Crippen LogP contribution in [0.5, 0.6) is 0 Å². The number of carbonyl (C=O) groups excluding carboxylic acids is 3. The number of allylic oxidation sites excluding steroid dienone is 14. The number of hydrogen-bond acceptors (Lipinski definition) is 6. The molecule has 0 heterocycles. The Morgan fingerprint density at radius 2 is 0.552 bits per heavy atom. The summed E-state index contributed by atoms with van der Waals surface area (Å²) in [4.78, 5) is 38.1. The van der Waals surface area contributed by atoms with Gasteiger partial charge >= 0.3 is 17.9 Å². The second-order valence-electron chi connectivity index (χ2n) is 18.5. The van der Waals surface area contributed by atoms with E-state index in [-0.39, 0.29) is 37.5 Å². The Balaban J connectivity index is 4.48. The molecule has 0 bridgehead atoms. The van der Waals surface area contributed by atoms with E-state index in [1.54, 1.807) is 0 Å². The topological polar surface area (TPSA) is 78.9 Å². The molecule has 0 aliphatic carbocycles. The lowest BCUT2D eigenvalue weighted by molar-refractivity contribution is -0.167. The minimum atomic E-state index is -0.804. The highest BCUT2D eigenvalue weighted by molar-refractivity contribution is 5.71. The summed E-state index contributed by atoms with van der Waals surface area (Å²) in [5.74, 6) is -0.966. The third kappa shape index (κ3) is 53.4. The Kier molecular flexibility index (Phi) is 52.4. The van der Waals surface area contributed by atoms with E-state index in [4.69, 9.17) is 14.2 Å². The van der Waals surface area contributed by atoms with Crippen LogP contribution in [0.15, 0.2) is 85.1 Å². The van der Waals surface area contributed by atoms with Gasteiger partial charge in [-0.15, -0.1) is 0 Å². The molecule has 0 rings (SSSR count). The second kappa shape index (κ2) is 55.2. The van der Waals surface area contributed by atoms with E-state index in [2.05, 4.69) is 106 Å². The molecule has 6 nitrogen and oxygen atoms in total. The van der Waals surface area contributed by atoms with Crippen LogP contribution in [0.2, 0.25) is 0 Å². The zero-order valence-electron chi connectivity index (χ0n) is 43.9. The molecule has 0 aromatic carbocycles. The average Bonchev–Trinajstić information content (AvgIpc) is 3.33. The molecule has 0 radical (unpaired) electrons. The minimum Gasteiger partial charge on any atom is -0.462 e. The van der Waals surface area contributed by atoms with Gasteiger partial charge in [0.05, 0.1) is 0 Å². The van der Waals surface area contributed by atoms with E-state index in [1.165, 1.54) is 141 Å². The summed E-state index contributed by atoms with van der Waals surface area (Å²) in [6.45, 7) is 6.52. The fourth-order valence-electron chi connectivity index (χ4n) is 7.58. The summed E-state index contributed by atoms with van der Waals surface area (Å²) < 4.78 is 16.8. The summed E-state index contributed by atoms with van der Waals surface area (Å²) in [5, 5.41) is 0. The summed E-state index contributed by atoms with van der Waals surface area (Å²) in [6.07, 6.45) is 71.4. The quantitative estimate of drug-likeness (QED) is 0.0262. The van der Waals surface area contributed by atoms with Gasteiger partial charge in [0.1, 0.15) is 13.2 Å². The van der Waals surface area contributed by atoms with Gasteiger partial charge in [-0.25, -0.2) is 0 Å². The molecule has 67 heavy (non-hydrogen) atoms. The SMILES string of the molecule is CCCCC/C=C\C/C=C\C/C=C\C/C=C\CCCC(=O)OC[C@H](COC(=O)CCCCCCCCC/C=C\C/C=C\CCCCC)OC(=O)CCCCCCCCC/C=C\CCCCCC. The van der Waals surface area contributed by atoms with E-state index in [0.717, 1.165) is 77.0 Å². The molecule has 0 fully saturated rings. The van der Waals surface area contributed by atoms with Gasteiger partial charge in [0.2, 0.25) is 0 Å². The molecule has 384 valence electrons. The lowest BCUT2D eigenvalue weighted by atomic mass is 10.1. The van der Waals surface area contributed by atoms with E-state index in [9.17, 15) is 14.4 Å². The molecule has 6 heteroatoms. The maximum Gasteiger partial charge on any atom is 0.306 e. The number of ether oxygens (including phenoxy) is 3. The normalized spacial score (nSPS) is 12.7. The Hall–Kier alpha value is -3.41. The Morgan fingerprint density at radius 3 is 0.940 bits per heavy atom. The van der Waals surface area contributed by atoms with Crippen molar-refractivity contribution in [1.82, 2.24) is 0 Å². The zero-order valence-corrected chi connectivity index (χ0v) is 43.9. The monoisotopic (exact) mass is 933 g/mol. The standard InChI is InChI=1S/C61H104O6/c1-4-7-10-13-16-19-22-25-28-30-33-35-38-41-44-47-50-53-59(62)65-56-58(67-61(64)55-52-49-46-43-40-37-32-27-24-21-18-15-12-9-6-3)57-66-60(63)54-51-48-45-42-39-36-34-31-29-26-23-20-17-14-11-8-5-2/h16-17,19-21,24-26,28-29,33,35,41,44,58H,4-15,18,22-23,27,30-32,34,36-40,42-43,45-57H2,1-3H3/b19-16-,20-17-,24-21-,28-25-,29-26-,35-33-,44-41-/t58-/m1/s1. The summed E-state index contributed by atoms with van der Waals surface area (Å²) in [6, 6.07) is 0. The van der Waals surface area contributed by atoms with Crippen molar-refractivity contribution in [1.29, 1.82) is 0 Å². The van der Waals surface area contributed by atoms with Gasteiger partial charge in [0.15, 0.2) is 6.10 Å². The molecular weight excluding hydrogens is 829 g/mol. The maximum absolute atomic E-state index is 12.8. The minimum absolute atomic E-state index is 0.0994. The van der Waals surface area contributed by atoms with Gasteiger partial charge in [-0.2, -0.15) is 0 Å². The van der Waals surface area contributed by atoms with Crippen molar-refractivity contribution in [3.63, 3.8) is 0 Å². The number of hydrogen-bond donors (Lipinski definition) is 0. The fraction of sp³-hybridized carbons (Fsp3) is 0.721. The van der Waals surface area contributed by atoms with Crippen molar-refractivity contribution in [2.45, 2.75) is 271 Å². The fourth-order valence-corrected chi connectivity index (χ4v) is 7.58. The van der Waals surface area contributed by atoms with E-state index < -0.39 is 6.10 Å². The third-order valence-corrected chi connectivity index (χ3v) is 11.8.